The minimum absolute atomic E-state index is 0.000949. The van der Waals surface area contributed by atoms with E-state index in [0.717, 1.165) is 0 Å². The molecule has 0 saturated carbocycles. The molecule has 2 aromatic rings. The fraction of sp³-hybridized carbons (Fsp3) is 0. The highest BCUT2D eigenvalue weighted by atomic mass is 79.9. The number of sulfonamides is 1. The smallest absolute Gasteiger partial charge is 0.333 e. The van der Waals surface area contributed by atoms with Gasteiger partial charge in [-0.2, -0.15) is 0 Å². The van der Waals surface area contributed by atoms with Gasteiger partial charge in [-0.05, 0) is 40.2 Å². The Morgan fingerprint density at radius 1 is 1.14 bits per heavy atom. The fourth-order valence-electron chi connectivity index (χ4n) is 1.93. The first kappa shape index (κ1) is 14.8. The number of carbonyl (C=O) groups is 1. The molecule has 2 N–H and O–H groups in total. The Labute approximate surface area is 133 Å². The van der Waals surface area contributed by atoms with Crippen molar-refractivity contribution in [3.8, 4) is 11.5 Å². The van der Waals surface area contributed by atoms with E-state index >= 15 is 0 Å². The highest BCUT2D eigenvalue weighted by Gasteiger charge is 2.31. The van der Waals surface area contributed by atoms with Gasteiger partial charge in [-0.3, -0.25) is 0 Å². The lowest BCUT2D eigenvalue weighted by atomic mass is 10.2. The van der Waals surface area contributed by atoms with Crippen molar-refractivity contribution in [1.82, 2.24) is 4.72 Å². The zero-order valence-electron chi connectivity index (χ0n) is 10.8. The van der Waals surface area contributed by atoms with Gasteiger partial charge >= 0.3 is 6.03 Å². The van der Waals surface area contributed by atoms with Crippen LogP contribution in [-0.4, -0.2) is 14.4 Å². The molecule has 0 spiro atoms. The maximum Gasteiger partial charge on any atom is 0.333 e. The number of rotatable bonds is 2. The zero-order valence-corrected chi connectivity index (χ0v) is 13.2. The van der Waals surface area contributed by atoms with Crippen LogP contribution in [0.3, 0.4) is 0 Å². The maximum absolute atomic E-state index is 13.7. The monoisotopic (exact) mass is 386 g/mol. The number of amides is 2. The molecular formula is C13H8BrFN2O4S. The van der Waals surface area contributed by atoms with Crippen LogP contribution in [0.15, 0.2) is 45.8 Å². The average molecular weight is 387 g/mol. The molecule has 0 unspecified atom stereocenters. The molecule has 0 aromatic heterocycles. The van der Waals surface area contributed by atoms with Gasteiger partial charge in [0.25, 0.3) is 10.0 Å². The fourth-order valence-corrected chi connectivity index (χ4v) is 3.41. The predicted molar refractivity (Wildman–Crippen MR) is 80.0 cm³/mol. The summed E-state index contributed by atoms with van der Waals surface area (Å²) in [6, 6.07) is 7.48. The molecule has 0 atom stereocenters. The number of hydrogen-bond acceptors (Lipinski definition) is 4. The topological polar surface area (TPSA) is 84.5 Å². The molecule has 0 aliphatic carbocycles. The molecule has 2 amide bonds. The summed E-state index contributed by atoms with van der Waals surface area (Å²) in [5, 5.41) is 2.36. The van der Waals surface area contributed by atoms with E-state index in [4.69, 9.17) is 4.74 Å². The van der Waals surface area contributed by atoms with Gasteiger partial charge in [0.2, 0.25) is 0 Å². The molecule has 22 heavy (non-hydrogen) atoms. The molecule has 1 heterocycles. The Morgan fingerprint density at radius 2 is 1.86 bits per heavy atom. The number of para-hydroxylation sites is 1. The minimum atomic E-state index is -3.99. The lowest BCUT2D eigenvalue weighted by Crippen LogP contribution is -2.39. The van der Waals surface area contributed by atoms with E-state index in [1.807, 2.05) is 4.72 Å². The normalized spacial score (nSPS) is 15.5. The van der Waals surface area contributed by atoms with Crippen LogP contribution in [0.1, 0.15) is 0 Å². The summed E-state index contributed by atoms with van der Waals surface area (Å²) in [7, 11) is -3.99. The van der Waals surface area contributed by atoms with E-state index in [2.05, 4.69) is 21.2 Å². The van der Waals surface area contributed by atoms with E-state index in [0.29, 0.717) is 4.47 Å². The van der Waals surface area contributed by atoms with Crippen LogP contribution in [0.5, 0.6) is 11.5 Å². The van der Waals surface area contributed by atoms with Gasteiger partial charge in [0.1, 0.15) is 10.6 Å². The molecule has 0 radical (unpaired) electrons. The van der Waals surface area contributed by atoms with Crippen molar-refractivity contribution >= 4 is 37.7 Å². The molecule has 9 heteroatoms. The minimum Gasteiger partial charge on any atom is -0.451 e. The highest BCUT2D eigenvalue weighted by Crippen LogP contribution is 2.42. The predicted octanol–water partition coefficient (Wildman–Crippen LogP) is 3.20. The van der Waals surface area contributed by atoms with Crippen LogP contribution in [0.4, 0.5) is 14.9 Å². The number of urea groups is 1. The van der Waals surface area contributed by atoms with Crippen LogP contribution in [0.2, 0.25) is 0 Å². The van der Waals surface area contributed by atoms with Gasteiger partial charge in [-0.25, -0.2) is 22.3 Å². The number of anilines is 1. The Kier molecular flexibility index (Phi) is 3.53. The second-order valence-corrected chi connectivity index (χ2v) is 6.85. The van der Waals surface area contributed by atoms with Crippen molar-refractivity contribution in [2.45, 2.75) is 4.90 Å². The van der Waals surface area contributed by atoms with Crippen molar-refractivity contribution in [1.29, 1.82) is 0 Å². The zero-order chi connectivity index (χ0) is 15.9. The number of benzene rings is 2. The van der Waals surface area contributed by atoms with E-state index < -0.39 is 21.9 Å². The largest absolute Gasteiger partial charge is 0.451 e. The van der Waals surface area contributed by atoms with E-state index in [1.54, 1.807) is 6.07 Å². The number of fused-ring (bicyclic) bond motifs is 1. The Hall–Kier alpha value is -2.13. The summed E-state index contributed by atoms with van der Waals surface area (Å²) in [6.07, 6.45) is 0. The highest BCUT2D eigenvalue weighted by molar-refractivity contribution is 9.10. The first-order valence-corrected chi connectivity index (χ1v) is 8.25. The van der Waals surface area contributed by atoms with Crippen molar-refractivity contribution in [3.05, 3.63) is 46.7 Å². The molecule has 114 valence electrons. The lowest BCUT2D eigenvalue weighted by molar-refractivity contribution is 0.256. The van der Waals surface area contributed by atoms with E-state index in [1.165, 1.54) is 30.3 Å². The van der Waals surface area contributed by atoms with Gasteiger partial charge in [0, 0.05) is 0 Å². The Balaban J connectivity index is 2.17. The van der Waals surface area contributed by atoms with Gasteiger partial charge in [-0.15, -0.1) is 0 Å². The Morgan fingerprint density at radius 3 is 2.59 bits per heavy atom. The van der Waals surface area contributed by atoms with Crippen LogP contribution < -0.4 is 14.8 Å². The van der Waals surface area contributed by atoms with Crippen LogP contribution in [0, 0.1) is 5.82 Å². The van der Waals surface area contributed by atoms with Crippen LogP contribution in [0.25, 0.3) is 0 Å². The molecular weight excluding hydrogens is 379 g/mol. The average Bonchev–Trinajstić information content (AvgIpc) is 2.43. The van der Waals surface area contributed by atoms with E-state index in [-0.39, 0.29) is 22.1 Å². The molecule has 6 nitrogen and oxygen atoms in total. The molecule has 0 saturated heterocycles. The number of nitrogens with one attached hydrogen (secondary N) is 2. The van der Waals surface area contributed by atoms with Gasteiger partial charge < -0.3 is 10.1 Å². The summed E-state index contributed by atoms with van der Waals surface area (Å²) < 4.78 is 45.2. The molecule has 1 aliphatic heterocycles. The molecule has 1 aliphatic rings. The third kappa shape index (κ3) is 2.53. The van der Waals surface area contributed by atoms with Gasteiger partial charge in [0.05, 0.1) is 4.47 Å². The third-order valence-corrected chi connectivity index (χ3v) is 4.87. The molecule has 0 bridgehead atoms. The summed E-state index contributed by atoms with van der Waals surface area (Å²) in [5.41, 5.74) is -0.0543. The van der Waals surface area contributed by atoms with Gasteiger partial charge in [0.15, 0.2) is 17.3 Å². The standard InChI is InChI=1S/C13H8BrFN2O4S/c14-7-5-6-10-11(16-13(18)17-22(10,19)20)12(7)21-9-4-2-1-3-8(9)15/h1-6H,(H2,16,17,18). The summed E-state index contributed by atoms with van der Waals surface area (Å²) in [6.45, 7) is 0. The first-order chi connectivity index (χ1) is 10.4. The van der Waals surface area contributed by atoms with Crippen molar-refractivity contribution in [3.63, 3.8) is 0 Å². The second-order valence-electron chi connectivity index (χ2n) is 4.34. The number of hydrogen-bond donors (Lipinski definition) is 2. The number of halogens is 2. The third-order valence-electron chi connectivity index (χ3n) is 2.88. The SMILES string of the molecule is O=C1Nc2c(ccc(Br)c2Oc2ccccc2F)S(=O)(=O)N1. The summed E-state index contributed by atoms with van der Waals surface area (Å²) in [4.78, 5) is 11.3. The summed E-state index contributed by atoms with van der Waals surface area (Å²) in [5.74, 6) is -0.710. The first-order valence-electron chi connectivity index (χ1n) is 5.97. The van der Waals surface area contributed by atoms with Crippen molar-refractivity contribution in [2.24, 2.45) is 0 Å². The quantitative estimate of drug-likeness (QED) is 0.829. The van der Waals surface area contributed by atoms with Crippen LogP contribution in [-0.2, 0) is 10.0 Å². The van der Waals surface area contributed by atoms with Crippen LogP contribution >= 0.6 is 15.9 Å². The van der Waals surface area contributed by atoms with Crippen molar-refractivity contribution < 1.29 is 22.3 Å². The lowest BCUT2D eigenvalue weighted by Gasteiger charge is -2.22. The van der Waals surface area contributed by atoms with Gasteiger partial charge in [-0.1, -0.05) is 12.1 Å². The number of ether oxygens (including phenoxy) is 1. The molecule has 0 fully saturated rings. The molecule has 2 aromatic carbocycles. The maximum atomic E-state index is 13.7. The second kappa shape index (κ2) is 5.25. The Bertz CT molecular complexity index is 886. The van der Waals surface area contributed by atoms with Crippen molar-refractivity contribution in [2.75, 3.05) is 5.32 Å². The number of carbonyl (C=O) groups excluding carboxylic acids is 1. The summed E-state index contributed by atoms with van der Waals surface area (Å²) >= 11 is 3.20. The van der Waals surface area contributed by atoms with E-state index in [9.17, 15) is 17.6 Å². The molecule has 3 rings (SSSR count).